The maximum Gasteiger partial charge on any atom is 0.326 e. The predicted molar refractivity (Wildman–Crippen MR) is 106 cm³/mol. The van der Waals surface area contributed by atoms with Gasteiger partial charge in [-0.1, -0.05) is 46.2 Å². The molecule has 4 atom stereocenters. The van der Waals surface area contributed by atoms with Crippen LogP contribution in [-0.4, -0.2) is 46.1 Å². The average molecular weight is 393 g/mol. The van der Waals surface area contributed by atoms with E-state index in [1.165, 1.54) is 12.1 Å². The van der Waals surface area contributed by atoms with Gasteiger partial charge in [0.15, 0.2) is 0 Å². The second-order valence-corrected chi connectivity index (χ2v) is 7.42. The first kappa shape index (κ1) is 23.4. The monoisotopic (exact) mass is 393 g/mol. The smallest absolute Gasteiger partial charge is 0.326 e. The minimum Gasteiger partial charge on any atom is -0.508 e. The molecule has 8 heteroatoms. The normalized spacial score (nSPS) is 15.4. The highest BCUT2D eigenvalue weighted by molar-refractivity contribution is 5.92. The van der Waals surface area contributed by atoms with Crippen molar-refractivity contribution < 1.29 is 24.6 Å². The van der Waals surface area contributed by atoms with Crippen LogP contribution in [0, 0.1) is 11.8 Å². The van der Waals surface area contributed by atoms with Crippen LogP contribution in [0.15, 0.2) is 24.3 Å². The number of hydrogen-bond acceptors (Lipinski definition) is 5. The summed E-state index contributed by atoms with van der Waals surface area (Å²) in [6, 6.07) is 3.54. The van der Waals surface area contributed by atoms with Crippen molar-refractivity contribution in [2.24, 2.45) is 17.6 Å². The van der Waals surface area contributed by atoms with Gasteiger partial charge in [-0.15, -0.1) is 0 Å². The van der Waals surface area contributed by atoms with E-state index in [4.69, 9.17) is 5.73 Å². The zero-order valence-electron chi connectivity index (χ0n) is 16.8. The molecule has 0 aromatic heterocycles. The van der Waals surface area contributed by atoms with E-state index in [1.807, 2.05) is 6.92 Å². The van der Waals surface area contributed by atoms with Gasteiger partial charge in [-0.05, 0) is 36.0 Å². The Labute approximate surface area is 165 Å². The average Bonchev–Trinajstić information content (AvgIpc) is 2.64. The first-order valence-corrected chi connectivity index (χ1v) is 9.43. The Morgan fingerprint density at radius 3 is 2.00 bits per heavy atom. The van der Waals surface area contributed by atoms with E-state index in [1.54, 1.807) is 32.9 Å². The Hall–Kier alpha value is -2.61. The number of phenolic OH excluding ortho intramolecular Hbond substituents is 1. The molecule has 0 saturated carbocycles. The van der Waals surface area contributed by atoms with Crippen molar-refractivity contribution >= 4 is 17.8 Å². The van der Waals surface area contributed by atoms with Crippen LogP contribution in [0.25, 0.3) is 0 Å². The zero-order chi connectivity index (χ0) is 21.4. The lowest BCUT2D eigenvalue weighted by atomic mass is 9.96. The van der Waals surface area contributed by atoms with E-state index >= 15 is 0 Å². The van der Waals surface area contributed by atoms with E-state index in [9.17, 15) is 24.6 Å². The molecule has 1 rings (SSSR count). The van der Waals surface area contributed by atoms with E-state index in [2.05, 4.69) is 10.6 Å². The highest BCUT2D eigenvalue weighted by Gasteiger charge is 2.32. The number of carbonyl (C=O) groups is 3. The first-order valence-electron chi connectivity index (χ1n) is 9.43. The number of aliphatic carboxylic acids is 1. The lowest BCUT2D eigenvalue weighted by Crippen LogP contribution is -2.57. The number of carboxylic acids is 1. The lowest BCUT2D eigenvalue weighted by Gasteiger charge is -2.27. The van der Waals surface area contributed by atoms with Crippen LogP contribution in [0.5, 0.6) is 5.75 Å². The summed E-state index contributed by atoms with van der Waals surface area (Å²) in [7, 11) is 0. The van der Waals surface area contributed by atoms with Crippen molar-refractivity contribution in [2.45, 2.75) is 58.7 Å². The van der Waals surface area contributed by atoms with Crippen LogP contribution >= 0.6 is 0 Å². The predicted octanol–water partition coefficient (Wildman–Crippen LogP) is 1.02. The number of aromatic hydroxyl groups is 1. The number of benzene rings is 1. The number of carbonyl (C=O) groups excluding carboxylic acids is 2. The van der Waals surface area contributed by atoms with E-state index < -0.39 is 35.9 Å². The summed E-state index contributed by atoms with van der Waals surface area (Å²) in [6.07, 6.45) is 0.857. The van der Waals surface area contributed by atoms with Gasteiger partial charge in [0.1, 0.15) is 17.8 Å². The molecule has 4 unspecified atom stereocenters. The molecule has 0 aliphatic heterocycles. The molecule has 0 heterocycles. The van der Waals surface area contributed by atoms with Gasteiger partial charge in [-0.2, -0.15) is 0 Å². The van der Waals surface area contributed by atoms with E-state index in [0.29, 0.717) is 6.42 Å². The molecule has 6 N–H and O–H groups in total. The fourth-order valence-electron chi connectivity index (χ4n) is 2.70. The van der Waals surface area contributed by atoms with Gasteiger partial charge in [-0.25, -0.2) is 4.79 Å². The highest BCUT2D eigenvalue weighted by atomic mass is 16.4. The quantitative estimate of drug-likeness (QED) is 0.402. The third kappa shape index (κ3) is 6.84. The third-order valence-corrected chi connectivity index (χ3v) is 4.75. The lowest BCUT2D eigenvalue weighted by molar-refractivity contribution is -0.143. The SMILES string of the molecule is CCC(C)C(NC(=O)C(N)Cc1ccc(O)cc1)C(=O)NC(C(=O)O)C(C)C. The van der Waals surface area contributed by atoms with Crippen LogP contribution in [0.4, 0.5) is 0 Å². The molecule has 8 nitrogen and oxygen atoms in total. The molecular weight excluding hydrogens is 362 g/mol. The van der Waals surface area contributed by atoms with Gasteiger partial charge >= 0.3 is 5.97 Å². The summed E-state index contributed by atoms with van der Waals surface area (Å²) in [5.74, 6) is -2.54. The molecule has 0 fully saturated rings. The molecule has 0 bridgehead atoms. The molecule has 156 valence electrons. The van der Waals surface area contributed by atoms with Crippen molar-refractivity contribution in [1.29, 1.82) is 0 Å². The second-order valence-electron chi connectivity index (χ2n) is 7.42. The minimum absolute atomic E-state index is 0.119. The molecule has 0 radical (unpaired) electrons. The summed E-state index contributed by atoms with van der Waals surface area (Å²) >= 11 is 0. The molecule has 0 spiro atoms. The molecule has 28 heavy (non-hydrogen) atoms. The standard InChI is InChI=1S/C20H31N3O5/c1-5-12(4)17(19(26)22-16(11(2)3)20(27)28)23-18(25)15(21)10-13-6-8-14(24)9-7-13/h6-9,11-12,15-17,24H,5,10,21H2,1-4H3,(H,22,26)(H,23,25)(H,27,28). The summed E-state index contributed by atoms with van der Waals surface area (Å²) in [5, 5.41) is 23.8. The van der Waals surface area contributed by atoms with E-state index in [-0.39, 0.29) is 24.0 Å². The van der Waals surface area contributed by atoms with Crippen LogP contribution in [0.1, 0.15) is 39.7 Å². The van der Waals surface area contributed by atoms with Gasteiger partial charge < -0.3 is 26.6 Å². The summed E-state index contributed by atoms with van der Waals surface area (Å²) in [4.78, 5) is 36.5. The van der Waals surface area contributed by atoms with Crippen molar-refractivity contribution in [3.8, 4) is 5.75 Å². The van der Waals surface area contributed by atoms with Gasteiger partial charge in [0.05, 0.1) is 6.04 Å². The Kier molecular flexibility index (Phi) is 8.91. The number of nitrogens with one attached hydrogen (secondary N) is 2. The van der Waals surface area contributed by atoms with Crippen LogP contribution in [-0.2, 0) is 20.8 Å². The Morgan fingerprint density at radius 1 is 1.00 bits per heavy atom. The summed E-state index contributed by atoms with van der Waals surface area (Å²) in [5.41, 5.74) is 6.75. The molecule has 1 aromatic carbocycles. The van der Waals surface area contributed by atoms with Crippen molar-refractivity contribution in [1.82, 2.24) is 10.6 Å². The van der Waals surface area contributed by atoms with Crippen LogP contribution in [0.2, 0.25) is 0 Å². The number of hydrogen-bond donors (Lipinski definition) is 5. The maximum atomic E-state index is 12.7. The fraction of sp³-hybridized carbons (Fsp3) is 0.550. The molecule has 0 aliphatic carbocycles. The number of phenols is 1. The zero-order valence-corrected chi connectivity index (χ0v) is 16.8. The minimum atomic E-state index is -1.12. The molecular formula is C20H31N3O5. The summed E-state index contributed by atoms with van der Waals surface area (Å²) < 4.78 is 0. The topological polar surface area (TPSA) is 142 Å². The number of nitrogens with two attached hydrogens (primary N) is 1. The number of carboxylic acid groups (broad SMARTS) is 1. The second kappa shape index (κ2) is 10.7. The van der Waals surface area contributed by atoms with Crippen LogP contribution in [0.3, 0.4) is 0 Å². The third-order valence-electron chi connectivity index (χ3n) is 4.75. The fourth-order valence-corrected chi connectivity index (χ4v) is 2.70. The van der Waals surface area contributed by atoms with E-state index in [0.717, 1.165) is 5.56 Å². The number of rotatable bonds is 10. The van der Waals surface area contributed by atoms with Gasteiger partial charge in [0, 0.05) is 0 Å². The van der Waals surface area contributed by atoms with Crippen LogP contribution < -0.4 is 16.4 Å². The molecule has 2 amide bonds. The first-order chi connectivity index (χ1) is 13.1. The highest BCUT2D eigenvalue weighted by Crippen LogP contribution is 2.13. The Morgan fingerprint density at radius 2 is 1.54 bits per heavy atom. The van der Waals surface area contributed by atoms with Gasteiger partial charge in [-0.3, -0.25) is 9.59 Å². The Bertz CT molecular complexity index is 675. The Balaban J connectivity index is 2.83. The summed E-state index contributed by atoms with van der Waals surface area (Å²) in [6.45, 7) is 7.08. The van der Waals surface area contributed by atoms with Crippen molar-refractivity contribution in [3.63, 3.8) is 0 Å². The van der Waals surface area contributed by atoms with Gasteiger partial charge in [0.2, 0.25) is 11.8 Å². The largest absolute Gasteiger partial charge is 0.508 e. The maximum absolute atomic E-state index is 12.7. The number of amides is 2. The molecule has 0 aliphatic rings. The van der Waals surface area contributed by atoms with Crippen molar-refractivity contribution in [2.75, 3.05) is 0 Å². The van der Waals surface area contributed by atoms with Gasteiger partial charge in [0.25, 0.3) is 0 Å². The van der Waals surface area contributed by atoms with Crippen molar-refractivity contribution in [3.05, 3.63) is 29.8 Å². The molecule has 0 saturated heterocycles. The molecule has 1 aromatic rings.